The van der Waals surface area contributed by atoms with Crippen molar-refractivity contribution in [2.75, 3.05) is 52.9 Å². The molecule has 176 valence electrons. The SMILES string of the molecule is [CH2-]OCC(CO[CH2-])OCC(O)CO.[CH2-]OCC(O)CO.[CH2-]OCC(O)CO.[Rf].[Rf].[Rf].[Rf]. The third kappa shape index (κ3) is 41.2. The first-order valence-corrected chi connectivity index (χ1v) is 7.82. The van der Waals surface area contributed by atoms with E-state index in [-0.39, 0.29) is 59.0 Å². The van der Waals surface area contributed by atoms with Crippen LogP contribution in [-0.2, 0) is 23.7 Å². The van der Waals surface area contributed by atoms with Gasteiger partial charge < -0.3 is 54.3 Å². The predicted octanol–water partition coefficient (Wildman–Crippen LogP) is -2.36. The van der Waals surface area contributed by atoms with E-state index in [1.165, 1.54) is 0 Å². The van der Waals surface area contributed by atoms with Gasteiger partial charge in [-0.05, 0) is 0 Å². The van der Waals surface area contributed by atoms with Gasteiger partial charge in [0.1, 0.15) is 6.10 Å². The summed E-state index contributed by atoms with van der Waals surface area (Å²) in [6, 6.07) is 0. The van der Waals surface area contributed by atoms with Gasteiger partial charge in [-0.1, -0.05) is 0 Å². The normalized spacial score (nSPS) is 12.1. The summed E-state index contributed by atoms with van der Waals surface area (Å²) >= 11 is 0. The van der Waals surface area contributed by atoms with Crippen molar-refractivity contribution >= 4 is 0 Å². The molecule has 3 unspecified atom stereocenters. The van der Waals surface area contributed by atoms with Gasteiger partial charge in [-0.2, -0.15) is 0 Å². The summed E-state index contributed by atoms with van der Waals surface area (Å²) in [5.41, 5.74) is 0. The Kier molecular flexibility index (Phi) is 53.4. The van der Waals surface area contributed by atoms with Crippen LogP contribution >= 0.6 is 0 Å². The van der Waals surface area contributed by atoms with Crippen molar-refractivity contribution < 1.29 is 54.3 Å². The molecule has 0 amide bonds. The van der Waals surface area contributed by atoms with Crippen molar-refractivity contribution in [2.24, 2.45) is 0 Å². The fourth-order valence-corrected chi connectivity index (χ4v) is 1.08. The van der Waals surface area contributed by atoms with Crippen molar-refractivity contribution in [3.63, 3.8) is 0 Å². The van der Waals surface area contributed by atoms with E-state index in [9.17, 15) is 0 Å². The maximum absolute atomic E-state index is 8.96. The zero-order valence-electron chi connectivity index (χ0n) is 18.3. The molecule has 0 aliphatic heterocycles. The van der Waals surface area contributed by atoms with Crippen molar-refractivity contribution in [2.45, 2.75) is 24.4 Å². The van der Waals surface area contributed by atoms with Crippen LogP contribution in [0.25, 0.3) is 0 Å². The van der Waals surface area contributed by atoms with E-state index in [1.807, 2.05) is 0 Å². The van der Waals surface area contributed by atoms with Gasteiger partial charge in [0.05, 0.1) is 44.7 Å². The van der Waals surface area contributed by atoms with Gasteiger partial charge in [0, 0.05) is 26.4 Å². The molecule has 6 N–H and O–H groups in total. The third-order valence-corrected chi connectivity index (χ3v) is 2.38. The summed E-state index contributed by atoms with van der Waals surface area (Å²) in [6.07, 6.45) is -2.76. The minimum Gasteiger partial charge on any atom is -0.553 e. The van der Waals surface area contributed by atoms with Crippen LogP contribution in [0.1, 0.15) is 0 Å². The van der Waals surface area contributed by atoms with Crippen LogP contribution in [0.3, 0.4) is 0 Å². The van der Waals surface area contributed by atoms with Crippen LogP contribution in [-0.4, -0.2) is 108 Å². The van der Waals surface area contributed by atoms with Gasteiger partial charge in [0.15, 0.2) is 0 Å². The summed E-state index contributed by atoms with van der Waals surface area (Å²) in [4.78, 5) is 0. The Hall–Kier alpha value is -4.44. The Balaban J connectivity index is -0.0000000560. The van der Waals surface area contributed by atoms with Gasteiger partial charge in [-0.15, -0.1) is 0 Å². The van der Waals surface area contributed by atoms with E-state index in [0.29, 0.717) is 0 Å². The van der Waals surface area contributed by atoms with E-state index in [0.717, 1.165) is 0 Å². The summed E-state index contributed by atoms with van der Waals surface area (Å²) in [7, 11) is 12.4. The molecule has 31 heavy (non-hydrogen) atoms. The van der Waals surface area contributed by atoms with Crippen LogP contribution in [0.2, 0.25) is 0 Å². The standard InChI is InChI=1S/C8H16O5.2C4H9O3.4Rf/c1-11-5-8(6-12-2)13-4-7(10)3-9;2*1-7-3-4(6)2-5;;;;/h7-10H,1-6H2;2*4-6H,1-3H2;;;;/q-2;2*-1;;;;. The quantitative estimate of drug-likeness (QED) is 0.103. The van der Waals surface area contributed by atoms with Gasteiger partial charge >= 0.3 is 0 Å². The molecule has 3 atom stereocenters. The van der Waals surface area contributed by atoms with Gasteiger partial charge in [0.25, 0.3) is 0 Å². The number of hydrogen-bond acceptors (Lipinski definition) is 11. The summed E-state index contributed by atoms with van der Waals surface area (Å²) < 4.78 is 22.8. The molecule has 0 spiro atoms. The molecule has 0 aromatic carbocycles. The molecule has 0 radical (unpaired) electrons. The molecule has 0 aromatic rings. The number of hydrogen-bond donors (Lipinski definition) is 6. The number of rotatable bonds is 14. The molecule has 0 aliphatic carbocycles. The molecule has 0 saturated carbocycles. The Labute approximate surface area is 161 Å². The monoisotopic (exact) mass is 1470 g/mol. The van der Waals surface area contributed by atoms with Crippen LogP contribution in [0, 0.1) is 28.4 Å². The molecular weight excluding hydrogens is 1440 g/mol. The molecular formula is C16H34O11Rf4-4. The zero-order chi connectivity index (χ0) is 21.5. The van der Waals surface area contributed by atoms with Gasteiger partial charge in [-0.25, -0.2) is 28.4 Å². The second-order valence-electron chi connectivity index (χ2n) is 4.95. The van der Waals surface area contributed by atoms with E-state index >= 15 is 0 Å². The summed E-state index contributed by atoms with van der Waals surface area (Å²) in [6.45, 7) is -0.129. The summed E-state index contributed by atoms with van der Waals surface area (Å²) in [5.74, 6) is 0. The van der Waals surface area contributed by atoms with Gasteiger partial charge in [0.2, 0.25) is 0 Å². The Morgan fingerprint density at radius 1 is 0.484 bits per heavy atom. The number of aliphatic hydroxyl groups is 6. The minimum absolute atomic E-state index is 0. The minimum atomic E-state index is -0.878. The summed E-state index contributed by atoms with van der Waals surface area (Å²) in [5, 5.41) is 50.5. The Morgan fingerprint density at radius 2 is 0.742 bits per heavy atom. The number of ether oxygens (including phenoxy) is 5. The largest absolute Gasteiger partial charge is 0.553 e. The molecule has 0 heterocycles. The average molecular weight is 1470 g/mol. The second-order valence-corrected chi connectivity index (χ2v) is 4.95. The van der Waals surface area contributed by atoms with E-state index in [2.05, 4.69) is 47.4 Å². The molecule has 0 aliphatic rings. The smallest absolute Gasteiger partial charge is 0.100 e. The molecule has 0 fully saturated rings. The van der Waals surface area contributed by atoms with E-state index in [4.69, 9.17) is 35.4 Å². The maximum atomic E-state index is 8.96. The molecule has 11 nitrogen and oxygen atoms in total. The zero-order valence-corrected chi connectivity index (χ0v) is 43.9. The molecule has 0 aromatic heterocycles. The third-order valence-electron chi connectivity index (χ3n) is 2.38. The first-order chi connectivity index (χ1) is 12.9. The molecule has 0 bridgehead atoms. The van der Waals surface area contributed by atoms with E-state index in [1.54, 1.807) is 0 Å². The van der Waals surface area contributed by atoms with Crippen molar-refractivity contribution in [3.8, 4) is 0 Å². The number of aliphatic hydroxyl groups excluding tert-OH is 6. The molecule has 15 heteroatoms. The van der Waals surface area contributed by atoms with Crippen molar-refractivity contribution in [1.29, 1.82) is 0 Å². The van der Waals surface area contributed by atoms with Crippen LogP contribution in [0.4, 0.5) is 0 Å². The maximum Gasteiger partial charge on any atom is 0.100 e. The van der Waals surface area contributed by atoms with Crippen LogP contribution in [0.15, 0.2) is 0 Å². The Bertz CT molecular complexity index is 258. The van der Waals surface area contributed by atoms with Crippen molar-refractivity contribution in [3.05, 3.63) is 28.4 Å². The van der Waals surface area contributed by atoms with Gasteiger partial charge in [-0.3, -0.25) is 0 Å². The van der Waals surface area contributed by atoms with E-state index < -0.39 is 18.3 Å². The molecule has 0 saturated heterocycles. The first-order valence-electron chi connectivity index (χ1n) is 7.82. The predicted molar refractivity (Wildman–Crippen MR) is 94.3 cm³/mol. The average Bonchev–Trinajstić information content (AvgIpc) is 2.67. The Morgan fingerprint density at radius 3 is 0.935 bits per heavy atom. The second kappa shape index (κ2) is 36.5. The fourth-order valence-electron chi connectivity index (χ4n) is 1.08. The van der Waals surface area contributed by atoms with Crippen molar-refractivity contribution in [1.82, 2.24) is 0 Å². The molecule has 0 rings (SSSR count). The van der Waals surface area contributed by atoms with Crippen LogP contribution in [0.5, 0.6) is 0 Å². The topological polar surface area (TPSA) is 168 Å². The van der Waals surface area contributed by atoms with Crippen LogP contribution < -0.4 is 0 Å². The fraction of sp³-hybridized carbons (Fsp3) is 0.750. The first kappa shape index (κ1) is 45.4.